The molecule has 0 fully saturated rings. The fourth-order valence-corrected chi connectivity index (χ4v) is 1.77. The molecule has 0 aliphatic carbocycles. The Bertz CT molecular complexity index is 410. The van der Waals surface area contributed by atoms with E-state index in [9.17, 15) is 13.6 Å². The first-order valence-electron chi connectivity index (χ1n) is 5.94. The molecule has 1 aromatic carbocycles. The summed E-state index contributed by atoms with van der Waals surface area (Å²) in [6.45, 7) is 2.32. The van der Waals surface area contributed by atoms with Crippen LogP contribution in [-0.2, 0) is 4.79 Å². The van der Waals surface area contributed by atoms with Gasteiger partial charge in [0.2, 0.25) is 0 Å². The lowest BCUT2D eigenvalue weighted by Crippen LogP contribution is -2.23. The maximum absolute atomic E-state index is 13.5. The largest absolute Gasteiger partial charge is 0.481 e. The van der Waals surface area contributed by atoms with Crippen molar-refractivity contribution in [2.75, 3.05) is 6.54 Å². The van der Waals surface area contributed by atoms with Gasteiger partial charge < -0.3 is 10.4 Å². The number of aliphatic carboxylic acids is 1. The van der Waals surface area contributed by atoms with Gasteiger partial charge in [0.05, 0.1) is 0 Å². The van der Waals surface area contributed by atoms with Gasteiger partial charge in [0, 0.05) is 18.0 Å². The number of carboxylic acids is 1. The molecule has 0 spiro atoms. The van der Waals surface area contributed by atoms with Crippen LogP contribution < -0.4 is 5.32 Å². The fourth-order valence-electron chi connectivity index (χ4n) is 1.77. The van der Waals surface area contributed by atoms with Crippen LogP contribution in [0.5, 0.6) is 0 Å². The average Bonchev–Trinajstić information content (AvgIpc) is 2.33. The molecule has 1 unspecified atom stereocenters. The molecule has 0 heterocycles. The van der Waals surface area contributed by atoms with Gasteiger partial charge in [0.1, 0.15) is 11.6 Å². The summed E-state index contributed by atoms with van der Waals surface area (Å²) in [6.07, 6.45) is 1.13. The molecule has 2 N–H and O–H groups in total. The zero-order valence-electron chi connectivity index (χ0n) is 10.2. The third kappa shape index (κ3) is 4.41. The Hall–Kier alpha value is -1.49. The van der Waals surface area contributed by atoms with E-state index in [4.69, 9.17) is 5.11 Å². The number of hydrogen-bond acceptors (Lipinski definition) is 2. The van der Waals surface area contributed by atoms with Crippen LogP contribution in [0.25, 0.3) is 0 Å². The molecule has 0 saturated carbocycles. The minimum Gasteiger partial charge on any atom is -0.481 e. The molecule has 1 atom stereocenters. The van der Waals surface area contributed by atoms with E-state index in [1.807, 2.05) is 6.92 Å². The van der Waals surface area contributed by atoms with Gasteiger partial charge in [-0.15, -0.1) is 0 Å². The number of hydrogen-bond donors (Lipinski definition) is 2. The Morgan fingerprint density at radius 2 is 2.17 bits per heavy atom. The predicted molar refractivity (Wildman–Crippen MR) is 64.3 cm³/mol. The van der Waals surface area contributed by atoms with E-state index >= 15 is 0 Å². The molecule has 0 radical (unpaired) electrons. The van der Waals surface area contributed by atoms with Gasteiger partial charge in [-0.3, -0.25) is 4.79 Å². The van der Waals surface area contributed by atoms with E-state index in [1.165, 1.54) is 6.07 Å². The molecule has 0 aliphatic rings. The topological polar surface area (TPSA) is 49.3 Å². The summed E-state index contributed by atoms with van der Waals surface area (Å²) in [5.74, 6) is -1.78. The summed E-state index contributed by atoms with van der Waals surface area (Å²) in [5, 5.41) is 11.5. The van der Waals surface area contributed by atoms with Crippen molar-refractivity contribution in [3.05, 3.63) is 35.4 Å². The van der Waals surface area contributed by atoms with Crippen LogP contribution in [0.4, 0.5) is 8.78 Å². The molecule has 1 aromatic rings. The zero-order chi connectivity index (χ0) is 13.5. The van der Waals surface area contributed by atoms with E-state index < -0.39 is 17.6 Å². The number of benzene rings is 1. The Morgan fingerprint density at radius 3 is 2.78 bits per heavy atom. The lowest BCUT2D eigenvalue weighted by atomic mass is 10.0. The van der Waals surface area contributed by atoms with Crippen LogP contribution in [0, 0.1) is 11.6 Å². The van der Waals surface area contributed by atoms with Crippen molar-refractivity contribution in [2.45, 2.75) is 32.2 Å². The van der Waals surface area contributed by atoms with Crippen molar-refractivity contribution in [2.24, 2.45) is 0 Å². The second-order valence-corrected chi connectivity index (χ2v) is 4.08. The minimum atomic E-state index is -0.859. The monoisotopic (exact) mass is 257 g/mol. The van der Waals surface area contributed by atoms with E-state index in [0.29, 0.717) is 19.4 Å². The minimum absolute atomic E-state index is 0.0646. The molecule has 0 amide bonds. The summed E-state index contributed by atoms with van der Waals surface area (Å²) in [5.41, 5.74) is 0.285. The van der Waals surface area contributed by atoms with Gasteiger partial charge >= 0.3 is 5.97 Å². The van der Waals surface area contributed by atoms with Gasteiger partial charge in [0.25, 0.3) is 0 Å². The first kappa shape index (κ1) is 14.6. The van der Waals surface area contributed by atoms with Gasteiger partial charge in [-0.05, 0) is 37.6 Å². The van der Waals surface area contributed by atoms with Crippen molar-refractivity contribution in [3.63, 3.8) is 0 Å². The normalized spacial score (nSPS) is 12.4. The van der Waals surface area contributed by atoms with Crippen LogP contribution in [0.2, 0.25) is 0 Å². The van der Waals surface area contributed by atoms with E-state index in [2.05, 4.69) is 5.32 Å². The number of rotatable bonds is 7. The molecule has 0 saturated heterocycles. The number of halogens is 2. The van der Waals surface area contributed by atoms with Crippen molar-refractivity contribution in [1.82, 2.24) is 5.32 Å². The van der Waals surface area contributed by atoms with Crippen LogP contribution in [0.1, 0.15) is 37.8 Å². The van der Waals surface area contributed by atoms with Gasteiger partial charge in [-0.25, -0.2) is 8.78 Å². The molecule has 18 heavy (non-hydrogen) atoms. The van der Waals surface area contributed by atoms with E-state index in [1.54, 1.807) is 0 Å². The summed E-state index contributed by atoms with van der Waals surface area (Å²) in [4.78, 5) is 10.3. The summed E-state index contributed by atoms with van der Waals surface area (Å²) in [7, 11) is 0. The highest BCUT2D eigenvalue weighted by molar-refractivity contribution is 5.66. The Morgan fingerprint density at radius 1 is 1.44 bits per heavy atom. The Labute approximate surface area is 105 Å². The van der Waals surface area contributed by atoms with Crippen LogP contribution >= 0.6 is 0 Å². The first-order valence-corrected chi connectivity index (χ1v) is 5.94. The Balaban J connectivity index is 2.59. The molecular formula is C13H17F2NO2. The fraction of sp³-hybridized carbons (Fsp3) is 0.462. The first-order chi connectivity index (χ1) is 8.54. The third-order valence-corrected chi connectivity index (χ3v) is 2.70. The molecule has 1 rings (SSSR count). The van der Waals surface area contributed by atoms with Gasteiger partial charge in [-0.1, -0.05) is 6.92 Å². The van der Waals surface area contributed by atoms with Crippen molar-refractivity contribution in [3.8, 4) is 0 Å². The summed E-state index contributed by atoms with van der Waals surface area (Å²) in [6, 6.07) is 3.06. The van der Waals surface area contributed by atoms with Crippen molar-refractivity contribution in [1.29, 1.82) is 0 Å². The molecular weight excluding hydrogens is 240 g/mol. The zero-order valence-corrected chi connectivity index (χ0v) is 10.2. The van der Waals surface area contributed by atoms with Crippen LogP contribution in [0.3, 0.4) is 0 Å². The maximum atomic E-state index is 13.5. The third-order valence-electron chi connectivity index (χ3n) is 2.70. The summed E-state index contributed by atoms with van der Waals surface area (Å²) >= 11 is 0. The second-order valence-electron chi connectivity index (χ2n) is 4.08. The highest BCUT2D eigenvalue weighted by Crippen LogP contribution is 2.21. The number of nitrogens with one attached hydrogen (secondary N) is 1. The van der Waals surface area contributed by atoms with Crippen molar-refractivity contribution >= 4 is 5.97 Å². The molecule has 5 heteroatoms. The standard InChI is InChI=1S/C13H17F2NO2/c1-2-12(16-7-3-4-13(17)18)10-8-9(14)5-6-11(10)15/h5-6,8,12,16H,2-4,7H2,1H3,(H,17,18). The second kappa shape index (κ2) is 7.06. The SMILES string of the molecule is CCC(NCCCC(=O)O)c1cc(F)ccc1F. The molecule has 0 aliphatic heterocycles. The highest BCUT2D eigenvalue weighted by Gasteiger charge is 2.14. The van der Waals surface area contributed by atoms with Crippen LogP contribution in [-0.4, -0.2) is 17.6 Å². The smallest absolute Gasteiger partial charge is 0.303 e. The van der Waals surface area contributed by atoms with Gasteiger partial charge in [-0.2, -0.15) is 0 Å². The van der Waals surface area contributed by atoms with E-state index in [-0.39, 0.29) is 18.0 Å². The maximum Gasteiger partial charge on any atom is 0.303 e. The van der Waals surface area contributed by atoms with Crippen LogP contribution in [0.15, 0.2) is 18.2 Å². The highest BCUT2D eigenvalue weighted by atomic mass is 19.1. The Kier molecular flexibility index (Phi) is 5.71. The van der Waals surface area contributed by atoms with Gasteiger partial charge in [0.15, 0.2) is 0 Å². The summed E-state index contributed by atoms with van der Waals surface area (Å²) < 4.78 is 26.6. The number of carboxylic acid groups (broad SMARTS) is 1. The number of carbonyl (C=O) groups is 1. The van der Waals surface area contributed by atoms with Crippen molar-refractivity contribution < 1.29 is 18.7 Å². The molecule has 100 valence electrons. The lowest BCUT2D eigenvalue weighted by Gasteiger charge is -2.18. The quantitative estimate of drug-likeness (QED) is 0.738. The lowest BCUT2D eigenvalue weighted by molar-refractivity contribution is -0.137. The molecule has 0 bridgehead atoms. The molecule has 0 aromatic heterocycles. The predicted octanol–water partition coefficient (Wildman–Crippen LogP) is 2.87. The van der Waals surface area contributed by atoms with E-state index in [0.717, 1.165) is 12.1 Å². The average molecular weight is 257 g/mol. The molecule has 3 nitrogen and oxygen atoms in total.